The second-order valence-electron chi connectivity index (χ2n) is 9.23. The van der Waals surface area contributed by atoms with Crippen molar-refractivity contribution in [3.05, 3.63) is 29.8 Å². The van der Waals surface area contributed by atoms with Crippen molar-refractivity contribution in [3.8, 4) is 0 Å². The Labute approximate surface area is 174 Å². The molecule has 1 saturated carbocycles. The number of hydrogen-bond acceptors (Lipinski definition) is 4. The van der Waals surface area contributed by atoms with Crippen LogP contribution in [0.1, 0.15) is 24.8 Å². The monoisotopic (exact) mass is 398 g/mol. The molecule has 2 amide bonds. The third-order valence-corrected chi connectivity index (χ3v) is 7.23. The van der Waals surface area contributed by atoms with Gasteiger partial charge in [0.05, 0.1) is 6.54 Å². The van der Waals surface area contributed by atoms with Gasteiger partial charge in [-0.1, -0.05) is 12.1 Å². The number of anilines is 1. The van der Waals surface area contributed by atoms with Gasteiger partial charge < -0.3 is 14.7 Å². The first-order chi connectivity index (χ1) is 13.9. The lowest BCUT2D eigenvalue weighted by Crippen LogP contribution is -2.50. The van der Waals surface area contributed by atoms with E-state index >= 15 is 0 Å². The van der Waals surface area contributed by atoms with Gasteiger partial charge in [-0.05, 0) is 49.3 Å². The number of amides is 2. The molecular formula is C23H34N4O2. The van der Waals surface area contributed by atoms with Crippen LogP contribution in [-0.2, 0) is 9.59 Å². The fourth-order valence-corrected chi connectivity index (χ4v) is 5.30. The van der Waals surface area contributed by atoms with Gasteiger partial charge in [0.25, 0.3) is 0 Å². The van der Waals surface area contributed by atoms with Gasteiger partial charge in [0.1, 0.15) is 0 Å². The smallest absolute Gasteiger partial charge is 0.236 e. The summed E-state index contributed by atoms with van der Waals surface area (Å²) in [6.45, 7) is 7.24. The van der Waals surface area contributed by atoms with Gasteiger partial charge in [-0.25, -0.2) is 0 Å². The number of piperidine rings is 1. The van der Waals surface area contributed by atoms with E-state index < -0.39 is 0 Å². The molecule has 0 unspecified atom stereocenters. The standard InChI is InChI=1S/C23H34N4O2/c1-17-5-4-6-20(11-17)27-9-7-26(8-10-27)16-23(29)25(3)21-12-18-14-22(28)24(2)15-19(18)13-21/h4-6,11,18-19,21H,7-10,12-16H2,1-3H3/t18-,19+,21-/m1/s1. The topological polar surface area (TPSA) is 47.1 Å². The molecule has 1 aromatic carbocycles. The Balaban J connectivity index is 1.26. The highest BCUT2D eigenvalue weighted by atomic mass is 16.2. The summed E-state index contributed by atoms with van der Waals surface area (Å²) in [5, 5.41) is 0. The highest BCUT2D eigenvalue weighted by Gasteiger charge is 2.42. The maximum absolute atomic E-state index is 12.9. The number of nitrogens with zero attached hydrogens (tertiary/aromatic N) is 4. The third kappa shape index (κ3) is 4.42. The Kier molecular flexibility index (Phi) is 5.81. The van der Waals surface area contributed by atoms with Crippen LogP contribution in [0.5, 0.6) is 0 Å². The quantitative estimate of drug-likeness (QED) is 0.776. The summed E-state index contributed by atoms with van der Waals surface area (Å²) >= 11 is 0. The van der Waals surface area contributed by atoms with Crippen LogP contribution in [0, 0.1) is 18.8 Å². The lowest BCUT2D eigenvalue weighted by atomic mass is 9.88. The van der Waals surface area contributed by atoms with Crippen molar-refractivity contribution in [2.45, 2.75) is 32.2 Å². The van der Waals surface area contributed by atoms with Crippen LogP contribution in [0.3, 0.4) is 0 Å². The molecule has 158 valence electrons. The van der Waals surface area contributed by atoms with E-state index in [0.29, 0.717) is 24.8 Å². The molecule has 6 nitrogen and oxygen atoms in total. The number of benzene rings is 1. The van der Waals surface area contributed by atoms with E-state index in [1.807, 2.05) is 23.9 Å². The van der Waals surface area contributed by atoms with Gasteiger partial charge in [-0.3, -0.25) is 14.5 Å². The second kappa shape index (κ2) is 8.34. The fourth-order valence-electron chi connectivity index (χ4n) is 5.30. The number of likely N-dealkylation sites (tertiary alicyclic amines) is 1. The van der Waals surface area contributed by atoms with Crippen LogP contribution < -0.4 is 4.90 Å². The molecule has 2 heterocycles. The molecule has 29 heavy (non-hydrogen) atoms. The predicted molar refractivity (Wildman–Crippen MR) is 115 cm³/mol. The summed E-state index contributed by atoms with van der Waals surface area (Å²) in [5.41, 5.74) is 2.56. The van der Waals surface area contributed by atoms with Crippen molar-refractivity contribution < 1.29 is 9.59 Å². The minimum Gasteiger partial charge on any atom is -0.369 e. The molecule has 0 aromatic heterocycles. The van der Waals surface area contributed by atoms with Crippen molar-refractivity contribution in [1.82, 2.24) is 14.7 Å². The highest BCUT2D eigenvalue weighted by Crippen LogP contribution is 2.40. The molecule has 3 aliphatic rings. The molecule has 0 N–H and O–H groups in total. The zero-order valence-corrected chi connectivity index (χ0v) is 18.0. The Morgan fingerprint density at radius 2 is 1.86 bits per heavy atom. The highest BCUT2D eigenvalue weighted by molar-refractivity contribution is 5.79. The summed E-state index contributed by atoms with van der Waals surface area (Å²) in [6, 6.07) is 8.92. The SMILES string of the molecule is Cc1cccc(N2CCN(CC(=O)N(C)[C@@H]3C[C@@H]4CC(=O)N(C)C[C@@H]4C3)CC2)c1. The Bertz CT molecular complexity index is 759. The summed E-state index contributed by atoms with van der Waals surface area (Å²) in [6.07, 6.45) is 2.67. The number of carbonyl (C=O) groups is 2. The van der Waals surface area contributed by atoms with E-state index in [1.54, 1.807) is 0 Å². The second-order valence-corrected chi connectivity index (χ2v) is 9.23. The van der Waals surface area contributed by atoms with Gasteiger partial charge in [0, 0.05) is 65.0 Å². The fraction of sp³-hybridized carbons (Fsp3) is 0.652. The van der Waals surface area contributed by atoms with Crippen LogP contribution in [0.4, 0.5) is 5.69 Å². The van der Waals surface area contributed by atoms with E-state index in [9.17, 15) is 9.59 Å². The maximum Gasteiger partial charge on any atom is 0.236 e. The van der Waals surface area contributed by atoms with Gasteiger partial charge >= 0.3 is 0 Å². The summed E-state index contributed by atoms with van der Waals surface area (Å²) < 4.78 is 0. The largest absolute Gasteiger partial charge is 0.369 e. The minimum absolute atomic E-state index is 0.220. The van der Waals surface area contributed by atoms with Crippen molar-refractivity contribution in [2.75, 3.05) is 58.3 Å². The van der Waals surface area contributed by atoms with Crippen LogP contribution >= 0.6 is 0 Å². The number of rotatable bonds is 4. The normalized spacial score (nSPS) is 27.8. The maximum atomic E-state index is 12.9. The van der Waals surface area contributed by atoms with Crippen LogP contribution in [0.15, 0.2) is 24.3 Å². The van der Waals surface area contributed by atoms with E-state index in [4.69, 9.17) is 0 Å². The number of fused-ring (bicyclic) bond motifs is 1. The predicted octanol–water partition coefficient (Wildman–Crippen LogP) is 1.83. The molecule has 1 aromatic rings. The number of piperazine rings is 1. The van der Waals surface area contributed by atoms with Crippen molar-refractivity contribution in [2.24, 2.45) is 11.8 Å². The van der Waals surface area contributed by atoms with Crippen molar-refractivity contribution >= 4 is 17.5 Å². The molecule has 4 rings (SSSR count). The molecule has 3 fully saturated rings. The lowest BCUT2D eigenvalue weighted by molar-refractivity contribution is -0.135. The van der Waals surface area contributed by atoms with Crippen LogP contribution in [0.2, 0.25) is 0 Å². The molecule has 0 radical (unpaired) electrons. The number of carbonyl (C=O) groups excluding carboxylic acids is 2. The molecule has 6 heteroatoms. The summed E-state index contributed by atoms with van der Waals surface area (Å²) in [7, 11) is 3.86. The molecule has 2 aliphatic heterocycles. The van der Waals surface area contributed by atoms with E-state index in [0.717, 1.165) is 45.6 Å². The number of aryl methyl sites for hydroxylation is 1. The van der Waals surface area contributed by atoms with Gasteiger partial charge in [0.2, 0.25) is 11.8 Å². The Morgan fingerprint density at radius 1 is 1.14 bits per heavy atom. The third-order valence-electron chi connectivity index (χ3n) is 7.23. The molecule has 1 aliphatic carbocycles. The van der Waals surface area contributed by atoms with E-state index in [1.165, 1.54) is 11.3 Å². The van der Waals surface area contributed by atoms with Crippen molar-refractivity contribution in [3.63, 3.8) is 0 Å². The van der Waals surface area contributed by atoms with E-state index in [2.05, 4.69) is 41.0 Å². The zero-order valence-electron chi connectivity index (χ0n) is 18.0. The Morgan fingerprint density at radius 3 is 2.59 bits per heavy atom. The van der Waals surface area contributed by atoms with Crippen LogP contribution in [-0.4, -0.2) is 85.9 Å². The van der Waals surface area contributed by atoms with Gasteiger partial charge in [-0.15, -0.1) is 0 Å². The molecule has 3 atom stereocenters. The lowest BCUT2D eigenvalue weighted by Gasteiger charge is -2.37. The molecule has 2 saturated heterocycles. The van der Waals surface area contributed by atoms with Gasteiger partial charge in [0.15, 0.2) is 0 Å². The van der Waals surface area contributed by atoms with Gasteiger partial charge in [-0.2, -0.15) is 0 Å². The average Bonchev–Trinajstić information content (AvgIpc) is 3.11. The Hall–Kier alpha value is -2.08. The van der Waals surface area contributed by atoms with Crippen molar-refractivity contribution in [1.29, 1.82) is 0 Å². The van der Waals surface area contributed by atoms with E-state index in [-0.39, 0.29) is 17.9 Å². The molecule has 0 spiro atoms. The zero-order chi connectivity index (χ0) is 20.5. The van der Waals surface area contributed by atoms with Crippen LogP contribution in [0.25, 0.3) is 0 Å². The number of hydrogen-bond donors (Lipinski definition) is 0. The average molecular weight is 399 g/mol. The molecular weight excluding hydrogens is 364 g/mol. The minimum atomic E-state index is 0.220. The number of likely N-dealkylation sites (N-methyl/N-ethyl adjacent to an activating group) is 1. The summed E-state index contributed by atoms with van der Waals surface area (Å²) in [4.78, 5) is 33.4. The first kappa shape index (κ1) is 20.2. The first-order valence-electron chi connectivity index (χ1n) is 10.9. The summed E-state index contributed by atoms with van der Waals surface area (Å²) in [5.74, 6) is 1.48. The molecule has 0 bridgehead atoms. The first-order valence-corrected chi connectivity index (χ1v) is 10.9.